The van der Waals surface area contributed by atoms with Crippen LogP contribution in [0.15, 0.2) is 30.3 Å². The van der Waals surface area contributed by atoms with E-state index in [4.69, 9.17) is 0 Å². The van der Waals surface area contributed by atoms with Crippen LogP contribution in [-0.4, -0.2) is 47.9 Å². The van der Waals surface area contributed by atoms with Crippen molar-refractivity contribution in [1.82, 2.24) is 20.9 Å². The number of carbonyl (C=O) groups excluding carboxylic acids is 3. The second-order valence-electron chi connectivity index (χ2n) is 5.92. The molecule has 2 fully saturated rings. The van der Waals surface area contributed by atoms with Crippen LogP contribution in [0.25, 0.3) is 0 Å². The van der Waals surface area contributed by atoms with Crippen molar-refractivity contribution in [3.63, 3.8) is 0 Å². The molecule has 3 rings (SSSR count). The minimum atomic E-state index is -0.831. The van der Waals surface area contributed by atoms with Crippen molar-refractivity contribution >= 4 is 17.8 Å². The highest BCUT2D eigenvalue weighted by Gasteiger charge is 2.51. The zero-order valence-corrected chi connectivity index (χ0v) is 12.8. The molecule has 7 nitrogen and oxygen atoms in total. The summed E-state index contributed by atoms with van der Waals surface area (Å²) >= 11 is 0. The molecule has 3 N–H and O–H groups in total. The second kappa shape index (κ2) is 6.37. The van der Waals surface area contributed by atoms with Crippen LogP contribution in [0.3, 0.4) is 0 Å². The normalized spacial score (nSPS) is 19.7. The Morgan fingerprint density at radius 3 is 2.57 bits per heavy atom. The van der Waals surface area contributed by atoms with E-state index in [-0.39, 0.29) is 18.4 Å². The van der Waals surface area contributed by atoms with Crippen LogP contribution in [0.1, 0.15) is 18.4 Å². The predicted octanol–water partition coefficient (Wildman–Crippen LogP) is -0.0232. The Morgan fingerprint density at radius 2 is 1.87 bits per heavy atom. The highest BCUT2D eigenvalue weighted by Crippen LogP contribution is 2.26. The molecule has 0 atom stereocenters. The summed E-state index contributed by atoms with van der Waals surface area (Å²) in [6.07, 6.45) is 1.11. The number of urea groups is 1. The smallest absolute Gasteiger partial charge is 0.325 e. The summed E-state index contributed by atoms with van der Waals surface area (Å²) < 4.78 is 0. The highest BCUT2D eigenvalue weighted by molar-refractivity contribution is 6.09. The molecule has 0 saturated carbocycles. The van der Waals surface area contributed by atoms with Crippen LogP contribution in [0.4, 0.5) is 4.79 Å². The van der Waals surface area contributed by atoms with Crippen molar-refractivity contribution in [1.29, 1.82) is 0 Å². The predicted molar refractivity (Wildman–Crippen MR) is 83.4 cm³/mol. The SMILES string of the molecule is O=C(CN1C(=O)NC2(CCNCC2)C1=O)NCc1ccccc1. The molecule has 1 aromatic carbocycles. The largest absolute Gasteiger partial charge is 0.350 e. The van der Waals surface area contributed by atoms with Gasteiger partial charge in [0.25, 0.3) is 5.91 Å². The summed E-state index contributed by atoms with van der Waals surface area (Å²) in [5.41, 5.74) is 0.134. The molecule has 0 aliphatic carbocycles. The Bertz CT molecular complexity index is 611. The lowest BCUT2D eigenvalue weighted by Gasteiger charge is -2.30. The highest BCUT2D eigenvalue weighted by atomic mass is 16.2. The van der Waals surface area contributed by atoms with Gasteiger partial charge in [-0.1, -0.05) is 30.3 Å². The molecule has 2 heterocycles. The third kappa shape index (κ3) is 3.19. The molecule has 2 aliphatic heterocycles. The van der Waals surface area contributed by atoms with Gasteiger partial charge in [0.1, 0.15) is 12.1 Å². The van der Waals surface area contributed by atoms with Gasteiger partial charge in [0.15, 0.2) is 0 Å². The van der Waals surface area contributed by atoms with E-state index in [0.29, 0.717) is 32.5 Å². The third-order valence-corrected chi connectivity index (χ3v) is 4.34. The number of hydrogen-bond acceptors (Lipinski definition) is 4. The molecule has 0 aromatic heterocycles. The zero-order chi connectivity index (χ0) is 16.3. The molecule has 1 spiro atoms. The van der Waals surface area contributed by atoms with E-state index in [1.807, 2.05) is 30.3 Å². The van der Waals surface area contributed by atoms with Crippen molar-refractivity contribution in [3.8, 4) is 0 Å². The second-order valence-corrected chi connectivity index (χ2v) is 5.92. The minimum Gasteiger partial charge on any atom is -0.350 e. The number of piperidine rings is 1. The van der Waals surface area contributed by atoms with E-state index >= 15 is 0 Å². The quantitative estimate of drug-likeness (QED) is 0.681. The van der Waals surface area contributed by atoms with Gasteiger partial charge in [-0.2, -0.15) is 0 Å². The first kappa shape index (κ1) is 15.5. The number of amides is 4. The van der Waals surface area contributed by atoms with Gasteiger partial charge in [0.2, 0.25) is 5.91 Å². The van der Waals surface area contributed by atoms with Gasteiger partial charge < -0.3 is 16.0 Å². The average Bonchev–Trinajstić information content (AvgIpc) is 2.79. The fourth-order valence-electron chi connectivity index (χ4n) is 3.01. The molecule has 2 saturated heterocycles. The molecule has 122 valence electrons. The first-order chi connectivity index (χ1) is 11.1. The summed E-state index contributed by atoms with van der Waals surface area (Å²) in [6, 6.07) is 9.00. The lowest BCUT2D eigenvalue weighted by Crippen LogP contribution is -2.54. The number of nitrogens with one attached hydrogen (secondary N) is 3. The van der Waals surface area contributed by atoms with Crippen molar-refractivity contribution in [2.75, 3.05) is 19.6 Å². The van der Waals surface area contributed by atoms with E-state index in [0.717, 1.165) is 10.5 Å². The Labute approximate surface area is 134 Å². The topological polar surface area (TPSA) is 90.5 Å². The number of benzene rings is 1. The lowest BCUT2D eigenvalue weighted by molar-refractivity contribution is -0.135. The van der Waals surface area contributed by atoms with E-state index in [1.54, 1.807) is 0 Å². The number of imide groups is 1. The summed E-state index contributed by atoms with van der Waals surface area (Å²) in [4.78, 5) is 37.7. The van der Waals surface area contributed by atoms with Crippen LogP contribution in [0.5, 0.6) is 0 Å². The number of carbonyl (C=O) groups is 3. The molecular weight excluding hydrogens is 296 g/mol. The fourth-order valence-corrected chi connectivity index (χ4v) is 3.01. The van der Waals surface area contributed by atoms with Crippen molar-refractivity contribution < 1.29 is 14.4 Å². The Morgan fingerprint density at radius 1 is 1.17 bits per heavy atom. The molecule has 0 unspecified atom stereocenters. The van der Waals surface area contributed by atoms with E-state index in [2.05, 4.69) is 16.0 Å². The van der Waals surface area contributed by atoms with Crippen LogP contribution >= 0.6 is 0 Å². The standard InChI is InChI=1S/C16H20N4O3/c21-13(18-10-12-4-2-1-3-5-12)11-20-14(22)16(19-15(20)23)6-8-17-9-7-16/h1-5,17H,6-11H2,(H,18,21)(H,19,23). The molecule has 4 amide bonds. The number of nitrogens with zero attached hydrogens (tertiary/aromatic N) is 1. The van der Waals surface area contributed by atoms with Crippen molar-refractivity contribution in [2.45, 2.75) is 24.9 Å². The van der Waals surface area contributed by atoms with Gasteiger partial charge in [-0.3, -0.25) is 14.5 Å². The van der Waals surface area contributed by atoms with Crippen molar-refractivity contribution in [2.24, 2.45) is 0 Å². The van der Waals surface area contributed by atoms with Crippen LogP contribution < -0.4 is 16.0 Å². The first-order valence-electron chi connectivity index (χ1n) is 7.76. The van der Waals surface area contributed by atoms with E-state index < -0.39 is 11.6 Å². The van der Waals surface area contributed by atoms with E-state index in [1.165, 1.54) is 0 Å². The van der Waals surface area contributed by atoms with Crippen LogP contribution in [-0.2, 0) is 16.1 Å². The van der Waals surface area contributed by atoms with Gasteiger partial charge >= 0.3 is 6.03 Å². The van der Waals surface area contributed by atoms with Gasteiger partial charge in [-0.15, -0.1) is 0 Å². The average molecular weight is 316 g/mol. The van der Waals surface area contributed by atoms with E-state index in [9.17, 15) is 14.4 Å². The first-order valence-corrected chi connectivity index (χ1v) is 7.76. The molecule has 0 radical (unpaired) electrons. The Hall–Kier alpha value is -2.41. The molecular formula is C16H20N4O3. The molecule has 1 aromatic rings. The monoisotopic (exact) mass is 316 g/mol. The molecule has 0 bridgehead atoms. The molecule has 7 heteroatoms. The van der Waals surface area contributed by atoms with Crippen LogP contribution in [0, 0.1) is 0 Å². The Kier molecular flexibility index (Phi) is 4.29. The maximum atomic E-state index is 12.5. The summed E-state index contributed by atoms with van der Waals surface area (Å²) in [5.74, 6) is -0.637. The van der Waals surface area contributed by atoms with Gasteiger partial charge in [-0.25, -0.2) is 4.79 Å². The summed E-state index contributed by atoms with van der Waals surface area (Å²) in [5, 5.41) is 8.66. The third-order valence-electron chi connectivity index (χ3n) is 4.34. The fraction of sp³-hybridized carbons (Fsp3) is 0.438. The lowest BCUT2D eigenvalue weighted by atomic mass is 9.88. The Balaban J connectivity index is 1.58. The molecule has 23 heavy (non-hydrogen) atoms. The van der Waals surface area contributed by atoms with Gasteiger partial charge in [0, 0.05) is 6.54 Å². The zero-order valence-electron chi connectivity index (χ0n) is 12.8. The van der Waals surface area contributed by atoms with Crippen LogP contribution in [0.2, 0.25) is 0 Å². The number of hydrogen-bond donors (Lipinski definition) is 3. The minimum absolute atomic E-state index is 0.243. The summed E-state index contributed by atoms with van der Waals surface area (Å²) in [7, 11) is 0. The van der Waals surface area contributed by atoms with Crippen molar-refractivity contribution in [3.05, 3.63) is 35.9 Å². The number of rotatable bonds is 4. The van der Waals surface area contributed by atoms with Gasteiger partial charge in [-0.05, 0) is 31.5 Å². The van der Waals surface area contributed by atoms with Gasteiger partial charge in [0.05, 0.1) is 0 Å². The molecule has 2 aliphatic rings. The maximum absolute atomic E-state index is 12.5. The summed E-state index contributed by atoms with van der Waals surface area (Å²) in [6.45, 7) is 1.49. The maximum Gasteiger partial charge on any atom is 0.325 e.